The number of aliphatic hydroxyl groups excluding tert-OH is 2. The van der Waals surface area contributed by atoms with Crippen LogP contribution >= 0.6 is 11.8 Å². The lowest BCUT2D eigenvalue weighted by Gasteiger charge is -2.29. The lowest BCUT2D eigenvalue weighted by Crippen LogP contribution is -2.24. The molecular formula is C22H36O4S. The normalized spacial score (nSPS) is 40.3. The van der Waals surface area contributed by atoms with Crippen molar-refractivity contribution >= 4 is 17.7 Å². The first-order valence-corrected chi connectivity index (χ1v) is 11.9. The molecule has 5 heteroatoms. The van der Waals surface area contributed by atoms with Crippen LogP contribution in [0.4, 0.5) is 0 Å². The summed E-state index contributed by atoms with van der Waals surface area (Å²) < 4.78 is 0. The Labute approximate surface area is 167 Å². The minimum Gasteiger partial charge on any atom is -0.481 e. The standard InChI is InChI=1S/C22H36O4S/c1-14-2-4-16(5-3-14)20(23)7-6-18-19-11-15(8-9-27-13-22(25)26)10-17(19)12-21(18)24/h6-7,14-21,23-24H,2-5,8-13H2,1H3,(H,25,26)/t14?,15?,16?,17-,18-,19-,20?,21-/m1/s1. The van der Waals surface area contributed by atoms with Gasteiger partial charge in [-0.2, -0.15) is 11.8 Å². The van der Waals surface area contributed by atoms with E-state index in [1.54, 1.807) is 0 Å². The maximum Gasteiger partial charge on any atom is 0.313 e. The zero-order valence-electron chi connectivity index (χ0n) is 16.5. The predicted molar refractivity (Wildman–Crippen MR) is 110 cm³/mol. The highest BCUT2D eigenvalue weighted by Gasteiger charge is 2.46. The predicted octanol–water partition coefficient (Wildman–Crippen LogP) is 3.96. The molecule has 0 saturated heterocycles. The quantitative estimate of drug-likeness (QED) is 0.428. The van der Waals surface area contributed by atoms with Crippen LogP contribution in [-0.2, 0) is 4.79 Å². The Morgan fingerprint density at radius 1 is 1.19 bits per heavy atom. The van der Waals surface area contributed by atoms with Crippen LogP contribution in [0.15, 0.2) is 12.2 Å². The molecule has 0 aromatic carbocycles. The monoisotopic (exact) mass is 396 g/mol. The van der Waals surface area contributed by atoms with Crippen LogP contribution in [0.1, 0.15) is 58.3 Å². The van der Waals surface area contributed by atoms with Gasteiger partial charge in [-0.15, -0.1) is 0 Å². The second-order valence-corrected chi connectivity index (χ2v) is 10.4. The molecule has 0 bridgehead atoms. The fraction of sp³-hybridized carbons (Fsp3) is 0.864. The molecule has 154 valence electrons. The Hall–Kier alpha value is -0.520. The van der Waals surface area contributed by atoms with Gasteiger partial charge in [0, 0.05) is 5.92 Å². The molecule has 0 heterocycles. The summed E-state index contributed by atoms with van der Waals surface area (Å²) in [6, 6.07) is 0. The van der Waals surface area contributed by atoms with Crippen molar-refractivity contribution in [1.82, 2.24) is 0 Å². The zero-order chi connectivity index (χ0) is 19.4. The third-order valence-corrected chi connectivity index (χ3v) is 8.28. The number of hydrogen-bond donors (Lipinski definition) is 3. The van der Waals surface area contributed by atoms with E-state index in [2.05, 4.69) is 13.0 Å². The minimum atomic E-state index is -0.734. The van der Waals surface area contributed by atoms with Crippen LogP contribution in [0.2, 0.25) is 0 Å². The van der Waals surface area contributed by atoms with Crippen LogP contribution in [0.25, 0.3) is 0 Å². The molecule has 0 aromatic heterocycles. The molecular weight excluding hydrogens is 360 g/mol. The van der Waals surface area contributed by atoms with E-state index >= 15 is 0 Å². The van der Waals surface area contributed by atoms with Crippen molar-refractivity contribution in [3.8, 4) is 0 Å². The first-order chi connectivity index (χ1) is 12.9. The van der Waals surface area contributed by atoms with E-state index in [4.69, 9.17) is 5.11 Å². The molecule has 0 amide bonds. The van der Waals surface area contributed by atoms with E-state index in [1.807, 2.05) is 6.08 Å². The average molecular weight is 397 g/mol. The molecule has 6 atom stereocenters. The first kappa shape index (κ1) is 21.2. The van der Waals surface area contributed by atoms with Crippen LogP contribution in [0.3, 0.4) is 0 Å². The van der Waals surface area contributed by atoms with Gasteiger partial charge in [0.1, 0.15) is 0 Å². The van der Waals surface area contributed by atoms with Gasteiger partial charge < -0.3 is 15.3 Å². The first-order valence-electron chi connectivity index (χ1n) is 10.8. The van der Waals surface area contributed by atoms with Crippen LogP contribution in [0.5, 0.6) is 0 Å². The van der Waals surface area contributed by atoms with Crippen molar-refractivity contribution in [3.05, 3.63) is 12.2 Å². The van der Waals surface area contributed by atoms with Crippen LogP contribution in [0, 0.1) is 35.5 Å². The van der Waals surface area contributed by atoms with Gasteiger partial charge in [0.2, 0.25) is 0 Å². The van der Waals surface area contributed by atoms with Crippen molar-refractivity contribution in [1.29, 1.82) is 0 Å². The summed E-state index contributed by atoms with van der Waals surface area (Å²) in [5, 5.41) is 29.8. The molecule has 3 rings (SSSR count). The SMILES string of the molecule is CC1CCC(C(O)C=C[C@@H]2[C@@H]3CC(CCSCC(=O)O)C[C@@H]3C[C@H]2O)CC1. The molecule has 4 nitrogen and oxygen atoms in total. The Balaban J connectivity index is 1.47. The van der Waals surface area contributed by atoms with Crippen molar-refractivity contribution in [2.75, 3.05) is 11.5 Å². The molecule has 0 radical (unpaired) electrons. The second kappa shape index (κ2) is 9.80. The van der Waals surface area contributed by atoms with E-state index in [-0.39, 0.29) is 23.9 Å². The van der Waals surface area contributed by atoms with Crippen molar-refractivity contribution in [2.24, 2.45) is 35.5 Å². The van der Waals surface area contributed by atoms with Gasteiger partial charge in [0.05, 0.1) is 18.0 Å². The fourth-order valence-electron chi connectivity index (χ4n) is 5.71. The minimum absolute atomic E-state index is 0.184. The number of thioether (sulfide) groups is 1. The van der Waals surface area contributed by atoms with E-state index in [9.17, 15) is 15.0 Å². The molecule has 3 aliphatic carbocycles. The average Bonchev–Trinajstić information content (AvgIpc) is 3.13. The van der Waals surface area contributed by atoms with Gasteiger partial charge in [-0.3, -0.25) is 4.79 Å². The van der Waals surface area contributed by atoms with Crippen molar-refractivity contribution in [2.45, 2.75) is 70.5 Å². The van der Waals surface area contributed by atoms with E-state index in [1.165, 1.54) is 31.0 Å². The van der Waals surface area contributed by atoms with Gasteiger partial charge in [0.15, 0.2) is 0 Å². The smallest absolute Gasteiger partial charge is 0.313 e. The maximum atomic E-state index is 10.6. The number of carboxylic acids is 1. The van der Waals surface area contributed by atoms with Gasteiger partial charge in [-0.05, 0) is 73.9 Å². The summed E-state index contributed by atoms with van der Waals surface area (Å²) in [4.78, 5) is 10.6. The van der Waals surface area contributed by atoms with Gasteiger partial charge in [-0.25, -0.2) is 0 Å². The van der Waals surface area contributed by atoms with Gasteiger partial charge in [-0.1, -0.05) is 31.9 Å². The summed E-state index contributed by atoms with van der Waals surface area (Å²) in [5.41, 5.74) is 0. The Kier molecular flexibility index (Phi) is 7.69. The van der Waals surface area contributed by atoms with Crippen LogP contribution in [-0.4, -0.2) is 45.0 Å². The molecule has 3 N–H and O–H groups in total. The Morgan fingerprint density at radius 2 is 1.93 bits per heavy atom. The van der Waals surface area contributed by atoms with Crippen molar-refractivity contribution in [3.63, 3.8) is 0 Å². The molecule has 3 fully saturated rings. The highest BCUT2D eigenvalue weighted by Crippen LogP contribution is 2.51. The third kappa shape index (κ3) is 5.74. The molecule has 27 heavy (non-hydrogen) atoms. The topological polar surface area (TPSA) is 77.8 Å². The highest BCUT2D eigenvalue weighted by atomic mass is 32.2. The second-order valence-electron chi connectivity index (χ2n) is 9.27. The number of aliphatic hydroxyl groups is 2. The Bertz CT molecular complexity index is 514. The summed E-state index contributed by atoms with van der Waals surface area (Å²) in [6.07, 6.45) is 12.4. The maximum absolute atomic E-state index is 10.6. The van der Waals surface area contributed by atoms with E-state index in [0.29, 0.717) is 23.7 Å². The molecule has 3 aliphatic rings. The fourth-order valence-corrected chi connectivity index (χ4v) is 6.53. The summed E-state index contributed by atoms with van der Waals surface area (Å²) in [7, 11) is 0. The number of rotatable bonds is 8. The van der Waals surface area contributed by atoms with E-state index < -0.39 is 5.97 Å². The lowest BCUT2D eigenvalue weighted by molar-refractivity contribution is -0.133. The largest absolute Gasteiger partial charge is 0.481 e. The number of carbonyl (C=O) groups is 1. The molecule has 0 aliphatic heterocycles. The highest BCUT2D eigenvalue weighted by molar-refractivity contribution is 7.99. The molecule has 2 unspecified atom stereocenters. The summed E-state index contributed by atoms with van der Waals surface area (Å²) >= 11 is 1.51. The molecule has 3 saturated carbocycles. The Morgan fingerprint density at radius 3 is 2.63 bits per heavy atom. The zero-order valence-corrected chi connectivity index (χ0v) is 17.3. The van der Waals surface area contributed by atoms with Crippen LogP contribution < -0.4 is 0 Å². The summed E-state index contributed by atoms with van der Waals surface area (Å²) in [5.74, 6) is 3.52. The molecule has 0 spiro atoms. The lowest BCUT2D eigenvalue weighted by atomic mass is 9.79. The number of fused-ring (bicyclic) bond motifs is 1. The molecule has 0 aromatic rings. The third-order valence-electron chi connectivity index (χ3n) is 7.30. The van der Waals surface area contributed by atoms with E-state index in [0.717, 1.165) is 43.8 Å². The summed E-state index contributed by atoms with van der Waals surface area (Å²) in [6.45, 7) is 2.30. The van der Waals surface area contributed by atoms with Gasteiger partial charge in [0.25, 0.3) is 0 Å². The number of carboxylic acid groups (broad SMARTS) is 1. The number of hydrogen-bond acceptors (Lipinski definition) is 4. The number of aliphatic carboxylic acids is 1. The van der Waals surface area contributed by atoms with Gasteiger partial charge >= 0.3 is 5.97 Å². The van der Waals surface area contributed by atoms with Crippen molar-refractivity contribution < 1.29 is 20.1 Å².